The number of hydrogen-bond acceptors (Lipinski definition) is 7. The normalized spacial score (nSPS) is 11.3. The number of ether oxygens (including phenoxy) is 6. The summed E-state index contributed by atoms with van der Waals surface area (Å²) >= 11 is 0. The summed E-state index contributed by atoms with van der Waals surface area (Å²) in [5, 5.41) is 0. The van der Waals surface area contributed by atoms with Gasteiger partial charge in [-0.2, -0.15) is 0 Å². The molecule has 0 aromatic rings. The van der Waals surface area contributed by atoms with Gasteiger partial charge >= 0.3 is 5.97 Å². The molecule has 0 aliphatic heterocycles. The minimum Gasteiger partial charge on any atom is -0.467 e. The van der Waals surface area contributed by atoms with Crippen LogP contribution < -0.4 is 0 Å². The second-order valence-electron chi connectivity index (χ2n) is 9.38. The first-order valence-corrected chi connectivity index (χ1v) is 14.8. The average molecular weight is 519 g/mol. The number of hydrogen-bond donors (Lipinski definition) is 0. The maximum Gasteiger partial charge on any atom is 0.331 e. The van der Waals surface area contributed by atoms with Crippen LogP contribution in [0.4, 0.5) is 0 Å². The molecule has 36 heavy (non-hydrogen) atoms. The van der Waals surface area contributed by atoms with Crippen molar-refractivity contribution in [2.75, 3.05) is 73.2 Å². The van der Waals surface area contributed by atoms with E-state index in [2.05, 4.69) is 11.7 Å². The van der Waals surface area contributed by atoms with Crippen LogP contribution in [0.1, 0.15) is 110 Å². The van der Waals surface area contributed by atoms with Gasteiger partial charge in [-0.25, -0.2) is 4.79 Å². The van der Waals surface area contributed by atoms with Crippen LogP contribution in [0, 0.1) is 0 Å². The molecule has 0 bridgehead atoms. The fourth-order valence-electron chi connectivity index (χ4n) is 3.85. The lowest BCUT2D eigenvalue weighted by Crippen LogP contribution is -2.15. The van der Waals surface area contributed by atoms with Gasteiger partial charge in [-0.15, -0.1) is 0 Å². The molecule has 0 heterocycles. The van der Waals surface area contributed by atoms with Crippen LogP contribution in [0.5, 0.6) is 0 Å². The third kappa shape index (κ3) is 31.3. The van der Waals surface area contributed by atoms with E-state index in [0.29, 0.717) is 52.9 Å². The van der Waals surface area contributed by atoms with E-state index < -0.39 is 0 Å². The molecule has 0 saturated heterocycles. The Bertz CT molecular complexity index is 420. The van der Waals surface area contributed by atoms with Crippen LogP contribution in [0.3, 0.4) is 0 Å². The van der Waals surface area contributed by atoms with Gasteiger partial charge in [0, 0.05) is 6.61 Å². The van der Waals surface area contributed by atoms with Crippen LogP contribution in [-0.2, 0) is 33.2 Å². The highest BCUT2D eigenvalue weighted by Gasteiger charge is 1.99. The van der Waals surface area contributed by atoms with E-state index in [4.69, 9.17) is 23.7 Å². The highest BCUT2D eigenvalue weighted by Crippen LogP contribution is 2.13. The SMILES string of the molecule is CCCCCCCCCCCCCCCCCCOCCOCCOCCOCCOCC(=O)OC. The number of rotatable bonds is 31. The number of methoxy groups -OCH3 is 1. The number of unbranched alkanes of at least 4 members (excludes halogenated alkanes) is 15. The zero-order valence-corrected chi connectivity index (χ0v) is 23.7. The summed E-state index contributed by atoms with van der Waals surface area (Å²) < 4.78 is 31.5. The summed E-state index contributed by atoms with van der Waals surface area (Å²) in [6.45, 7) is 7.21. The molecule has 7 nitrogen and oxygen atoms in total. The Morgan fingerprint density at radius 1 is 0.417 bits per heavy atom. The van der Waals surface area contributed by atoms with Crippen molar-refractivity contribution in [2.24, 2.45) is 0 Å². The Labute approximate surface area is 222 Å². The summed E-state index contributed by atoms with van der Waals surface area (Å²) in [6, 6.07) is 0. The van der Waals surface area contributed by atoms with Gasteiger partial charge in [0.15, 0.2) is 0 Å². The summed E-state index contributed by atoms with van der Waals surface area (Å²) in [4.78, 5) is 10.8. The molecule has 0 aromatic heterocycles. The molecular weight excluding hydrogens is 460 g/mol. The Balaban J connectivity index is 3.03. The maximum absolute atomic E-state index is 10.8. The van der Waals surface area contributed by atoms with Crippen molar-refractivity contribution in [3.8, 4) is 0 Å². The lowest BCUT2D eigenvalue weighted by molar-refractivity contribution is -0.146. The van der Waals surface area contributed by atoms with Crippen LogP contribution in [-0.4, -0.2) is 79.1 Å². The summed E-state index contributed by atoms with van der Waals surface area (Å²) in [5.74, 6) is -0.385. The molecule has 0 atom stereocenters. The standard InChI is InChI=1S/C29H58O7/c1-3-4-5-6-7-8-9-10-11-12-13-14-15-16-17-18-19-32-20-21-33-22-23-34-24-25-35-26-27-36-28-29(30)31-2/h3-28H2,1-2H3. The first kappa shape index (κ1) is 35.3. The Morgan fingerprint density at radius 3 is 1.08 bits per heavy atom. The number of esters is 1. The van der Waals surface area contributed by atoms with Crippen molar-refractivity contribution in [1.82, 2.24) is 0 Å². The minimum absolute atomic E-state index is 0.0447. The maximum atomic E-state index is 10.8. The van der Waals surface area contributed by atoms with Crippen LogP contribution in [0.15, 0.2) is 0 Å². The molecular formula is C29H58O7. The minimum atomic E-state index is -0.385. The molecule has 0 aromatic carbocycles. The van der Waals surface area contributed by atoms with E-state index in [0.717, 1.165) is 13.0 Å². The van der Waals surface area contributed by atoms with Crippen molar-refractivity contribution in [1.29, 1.82) is 0 Å². The smallest absolute Gasteiger partial charge is 0.331 e. The quantitative estimate of drug-likeness (QED) is 0.0765. The van der Waals surface area contributed by atoms with Crippen molar-refractivity contribution in [3.63, 3.8) is 0 Å². The zero-order chi connectivity index (χ0) is 26.2. The number of carbonyl (C=O) groups is 1. The Morgan fingerprint density at radius 2 is 0.722 bits per heavy atom. The average Bonchev–Trinajstić information content (AvgIpc) is 2.89. The van der Waals surface area contributed by atoms with Crippen molar-refractivity contribution >= 4 is 5.97 Å². The molecule has 216 valence electrons. The van der Waals surface area contributed by atoms with Gasteiger partial charge in [0.2, 0.25) is 0 Å². The van der Waals surface area contributed by atoms with E-state index in [1.165, 1.54) is 103 Å². The van der Waals surface area contributed by atoms with Crippen LogP contribution in [0.25, 0.3) is 0 Å². The van der Waals surface area contributed by atoms with E-state index in [9.17, 15) is 4.79 Å². The highest BCUT2D eigenvalue weighted by atomic mass is 16.6. The molecule has 0 N–H and O–H groups in total. The predicted octanol–water partition coefficient (Wildman–Crippen LogP) is 6.50. The Kier molecular flexibility index (Phi) is 31.6. The van der Waals surface area contributed by atoms with Crippen molar-refractivity contribution < 1.29 is 33.2 Å². The van der Waals surface area contributed by atoms with Crippen molar-refractivity contribution in [3.05, 3.63) is 0 Å². The van der Waals surface area contributed by atoms with E-state index in [-0.39, 0.29) is 12.6 Å². The molecule has 0 spiro atoms. The van der Waals surface area contributed by atoms with Gasteiger partial charge in [-0.1, -0.05) is 103 Å². The second-order valence-corrected chi connectivity index (χ2v) is 9.38. The molecule has 0 unspecified atom stereocenters. The fraction of sp³-hybridized carbons (Fsp3) is 0.966. The molecule has 0 radical (unpaired) electrons. The molecule has 0 fully saturated rings. The molecule has 0 saturated carbocycles. The molecule has 0 aliphatic rings. The highest BCUT2D eigenvalue weighted by molar-refractivity contribution is 5.70. The summed E-state index contributed by atoms with van der Waals surface area (Å²) in [5.41, 5.74) is 0. The van der Waals surface area contributed by atoms with Crippen molar-refractivity contribution in [2.45, 2.75) is 110 Å². The number of carbonyl (C=O) groups excluding carboxylic acids is 1. The lowest BCUT2D eigenvalue weighted by Gasteiger charge is -2.08. The lowest BCUT2D eigenvalue weighted by atomic mass is 10.0. The molecule has 0 aliphatic carbocycles. The van der Waals surface area contributed by atoms with Gasteiger partial charge in [0.25, 0.3) is 0 Å². The monoisotopic (exact) mass is 518 g/mol. The van der Waals surface area contributed by atoms with Gasteiger partial charge in [0.05, 0.1) is 60.0 Å². The van der Waals surface area contributed by atoms with Crippen LogP contribution >= 0.6 is 0 Å². The summed E-state index contributed by atoms with van der Waals surface area (Å²) in [7, 11) is 1.33. The third-order valence-corrected chi connectivity index (χ3v) is 6.08. The zero-order valence-electron chi connectivity index (χ0n) is 23.7. The largest absolute Gasteiger partial charge is 0.467 e. The van der Waals surface area contributed by atoms with Crippen LogP contribution in [0.2, 0.25) is 0 Å². The van der Waals surface area contributed by atoms with Gasteiger partial charge in [-0.05, 0) is 6.42 Å². The fourth-order valence-corrected chi connectivity index (χ4v) is 3.85. The van der Waals surface area contributed by atoms with E-state index >= 15 is 0 Å². The third-order valence-electron chi connectivity index (χ3n) is 6.08. The van der Waals surface area contributed by atoms with E-state index in [1.807, 2.05) is 0 Å². The molecule has 0 amide bonds. The Hall–Kier alpha value is -0.730. The first-order chi connectivity index (χ1) is 17.8. The molecule has 7 heteroatoms. The van der Waals surface area contributed by atoms with Gasteiger partial charge < -0.3 is 28.4 Å². The topological polar surface area (TPSA) is 72.5 Å². The summed E-state index contributed by atoms with van der Waals surface area (Å²) in [6.07, 6.45) is 22.2. The molecule has 0 rings (SSSR count). The van der Waals surface area contributed by atoms with Gasteiger partial charge in [0.1, 0.15) is 6.61 Å². The first-order valence-electron chi connectivity index (χ1n) is 14.8. The van der Waals surface area contributed by atoms with E-state index in [1.54, 1.807) is 0 Å². The second kappa shape index (κ2) is 32.3. The predicted molar refractivity (Wildman–Crippen MR) is 146 cm³/mol. The van der Waals surface area contributed by atoms with Gasteiger partial charge in [-0.3, -0.25) is 0 Å².